The van der Waals surface area contributed by atoms with Crippen molar-refractivity contribution in [3.63, 3.8) is 0 Å². The molecule has 3 N–H and O–H groups in total. The predicted octanol–water partition coefficient (Wildman–Crippen LogP) is 0.148. The van der Waals surface area contributed by atoms with Crippen LogP contribution in [0.3, 0.4) is 0 Å². The molecule has 1 saturated heterocycles. The van der Waals surface area contributed by atoms with Gasteiger partial charge in [-0.25, -0.2) is 4.79 Å². The zero-order valence-corrected chi connectivity index (χ0v) is 9.53. The van der Waals surface area contributed by atoms with Crippen LogP contribution < -0.4 is 5.32 Å². The summed E-state index contributed by atoms with van der Waals surface area (Å²) in [6.07, 6.45) is 2.86. The van der Waals surface area contributed by atoms with Gasteiger partial charge in [0.05, 0.1) is 5.60 Å². The second kappa shape index (κ2) is 5.98. The molecule has 0 bridgehead atoms. The highest BCUT2D eigenvalue weighted by Gasteiger charge is 2.28. The van der Waals surface area contributed by atoms with Crippen molar-refractivity contribution in [2.45, 2.75) is 25.4 Å². The molecule has 0 aliphatic carbocycles. The second-order valence-corrected chi connectivity index (χ2v) is 4.16. The van der Waals surface area contributed by atoms with Gasteiger partial charge in [-0.1, -0.05) is 6.08 Å². The Kier molecular flexibility index (Phi) is 4.92. The summed E-state index contributed by atoms with van der Waals surface area (Å²) >= 11 is 0. The van der Waals surface area contributed by atoms with E-state index >= 15 is 0 Å². The third-order valence-electron chi connectivity index (χ3n) is 2.77. The van der Waals surface area contributed by atoms with Gasteiger partial charge in [0, 0.05) is 44.7 Å². The van der Waals surface area contributed by atoms with E-state index in [-0.39, 0.29) is 0 Å². The number of aliphatic hydroxyl groups is 1. The van der Waals surface area contributed by atoms with Crippen molar-refractivity contribution in [1.29, 1.82) is 0 Å². The van der Waals surface area contributed by atoms with Crippen molar-refractivity contribution in [2.24, 2.45) is 0 Å². The van der Waals surface area contributed by atoms with Gasteiger partial charge in [-0.3, -0.25) is 0 Å². The summed E-state index contributed by atoms with van der Waals surface area (Å²) in [4.78, 5) is 10.5. The summed E-state index contributed by atoms with van der Waals surface area (Å²) in [5, 5.41) is 21.7. The highest BCUT2D eigenvalue weighted by Crippen LogP contribution is 2.18. The Labute approximate surface area is 95.1 Å². The van der Waals surface area contributed by atoms with Gasteiger partial charge in [0.15, 0.2) is 0 Å². The average molecular weight is 229 g/mol. The lowest BCUT2D eigenvalue weighted by Gasteiger charge is -2.32. The van der Waals surface area contributed by atoms with Crippen LogP contribution >= 0.6 is 0 Å². The van der Waals surface area contributed by atoms with E-state index < -0.39 is 11.6 Å². The van der Waals surface area contributed by atoms with E-state index in [1.165, 1.54) is 0 Å². The van der Waals surface area contributed by atoms with E-state index in [0.717, 1.165) is 0 Å². The Bertz CT molecular complexity index is 269. The standard InChI is InChI=1S/C11H19NO4/c1-9(10(13)14)2-5-12-8-11(15)3-6-16-7-4-11/h2,12,15H,3-8H2,1H3,(H,13,14). The first-order chi connectivity index (χ1) is 7.53. The summed E-state index contributed by atoms with van der Waals surface area (Å²) in [7, 11) is 0. The third-order valence-corrected chi connectivity index (χ3v) is 2.77. The number of hydrogen-bond acceptors (Lipinski definition) is 4. The molecule has 0 aromatic heterocycles. The fourth-order valence-electron chi connectivity index (χ4n) is 1.55. The van der Waals surface area contributed by atoms with Crippen LogP contribution in [0.25, 0.3) is 0 Å². The summed E-state index contributed by atoms with van der Waals surface area (Å²) in [5.41, 5.74) is -0.394. The van der Waals surface area contributed by atoms with Crippen LogP contribution in [-0.2, 0) is 9.53 Å². The molecule has 0 spiro atoms. The molecule has 0 radical (unpaired) electrons. The molecule has 0 unspecified atom stereocenters. The molecule has 5 nitrogen and oxygen atoms in total. The number of nitrogens with one attached hydrogen (secondary N) is 1. The largest absolute Gasteiger partial charge is 0.478 e. The lowest BCUT2D eigenvalue weighted by molar-refractivity contribution is -0.132. The maximum absolute atomic E-state index is 10.5. The van der Waals surface area contributed by atoms with E-state index in [2.05, 4.69) is 5.32 Å². The minimum Gasteiger partial charge on any atom is -0.478 e. The first-order valence-electron chi connectivity index (χ1n) is 5.44. The van der Waals surface area contributed by atoms with Crippen molar-refractivity contribution in [3.05, 3.63) is 11.6 Å². The number of ether oxygens (including phenoxy) is 1. The molecule has 92 valence electrons. The normalized spacial score (nSPS) is 20.8. The van der Waals surface area contributed by atoms with Gasteiger partial charge in [-0.15, -0.1) is 0 Å². The summed E-state index contributed by atoms with van der Waals surface area (Å²) < 4.78 is 5.16. The molecule has 1 heterocycles. The molecule has 1 rings (SSSR count). The van der Waals surface area contributed by atoms with Crippen LogP contribution in [0.1, 0.15) is 19.8 Å². The molecule has 0 aromatic rings. The Morgan fingerprint density at radius 3 is 2.69 bits per heavy atom. The molecule has 0 saturated carbocycles. The van der Waals surface area contributed by atoms with Gasteiger partial charge in [-0.2, -0.15) is 0 Å². The van der Waals surface area contributed by atoms with Crippen molar-refractivity contribution >= 4 is 5.97 Å². The van der Waals surface area contributed by atoms with Crippen molar-refractivity contribution in [1.82, 2.24) is 5.32 Å². The monoisotopic (exact) mass is 229 g/mol. The van der Waals surface area contributed by atoms with Crippen LogP contribution in [0.5, 0.6) is 0 Å². The molecular formula is C11H19NO4. The van der Waals surface area contributed by atoms with Gasteiger partial charge in [-0.05, 0) is 6.92 Å². The van der Waals surface area contributed by atoms with Gasteiger partial charge in [0.2, 0.25) is 0 Å². The quantitative estimate of drug-likeness (QED) is 0.462. The smallest absolute Gasteiger partial charge is 0.330 e. The number of carboxylic acids is 1. The number of aliphatic carboxylic acids is 1. The van der Waals surface area contributed by atoms with Crippen LogP contribution in [0, 0.1) is 0 Å². The molecule has 16 heavy (non-hydrogen) atoms. The van der Waals surface area contributed by atoms with E-state index in [1.54, 1.807) is 13.0 Å². The van der Waals surface area contributed by atoms with Crippen LogP contribution in [0.2, 0.25) is 0 Å². The maximum Gasteiger partial charge on any atom is 0.330 e. The Morgan fingerprint density at radius 2 is 2.12 bits per heavy atom. The predicted molar refractivity (Wildman–Crippen MR) is 59.3 cm³/mol. The zero-order valence-electron chi connectivity index (χ0n) is 9.53. The highest BCUT2D eigenvalue weighted by atomic mass is 16.5. The molecule has 5 heteroatoms. The topological polar surface area (TPSA) is 78.8 Å². The first kappa shape index (κ1) is 13.2. The van der Waals surface area contributed by atoms with Crippen molar-refractivity contribution in [3.8, 4) is 0 Å². The molecule has 0 aromatic carbocycles. The van der Waals surface area contributed by atoms with Gasteiger partial charge in [0.25, 0.3) is 0 Å². The van der Waals surface area contributed by atoms with Crippen molar-refractivity contribution < 1.29 is 19.7 Å². The fraction of sp³-hybridized carbons (Fsp3) is 0.727. The van der Waals surface area contributed by atoms with E-state index in [1.807, 2.05) is 0 Å². The lowest BCUT2D eigenvalue weighted by atomic mass is 9.94. The minimum atomic E-state index is -0.911. The van der Waals surface area contributed by atoms with Gasteiger partial charge in [0.1, 0.15) is 0 Å². The number of hydrogen-bond donors (Lipinski definition) is 3. The third kappa shape index (κ3) is 4.30. The summed E-state index contributed by atoms with van der Waals surface area (Å²) in [6, 6.07) is 0. The lowest BCUT2D eigenvalue weighted by Crippen LogP contribution is -2.45. The number of carboxylic acid groups (broad SMARTS) is 1. The number of rotatable bonds is 5. The van der Waals surface area contributed by atoms with Crippen LogP contribution in [0.15, 0.2) is 11.6 Å². The Morgan fingerprint density at radius 1 is 1.50 bits per heavy atom. The Hall–Kier alpha value is -0.910. The SMILES string of the molecule is CC(=CCNCC1(O)CCOCC1)C(=O)O. The number of carbonyl (C=O) groups is 1. The molecule has 1 aliphatic heterocycles. The molecule has 0 atom stereocenters. The first-order valence-corrected chi connectivity index (χ1v) is 5.44. The van der Waals surface area contributed by atoms with Gasteiger partial charge >= 0.3 is 5.97 Å². The van der Waals surface area contributed by atoms with Crippen LogP contribution in [-0.4, -0.2) is 48.1 Å². The zero-order chi connectivity index (χ0) is 12.0. The van der Waals surface area contributed by atoms with E-state index in [9.17, 15) is 9.90 Å². The summed E-state index contributed by atoms with van der Waals surface area (Å²) in [5.74, 6) is -0.911. The Balaban J connectivity index is 2.24. The fourth-order valence-corrected chi connectivity index (χ4v) is 1.55. The van der Waals surface area contributed by atoms with Crippen molar-refractivity contribution in [2.75, 3.05) is 26.3 Å². The van der Waals surface area contributed by atoms with Crippen LogP contribution in [0.4, 0.5) is 0 Å². The average Bonchev–Trinajstić information content (AvgIpc) is 2.25. The molecular weight excluding hydrogens is 210 g/mol. The highest BCUT2D eigenvalue weighted by molar-refractivity contribution is 5.85. The molecule has 1 aliphatic rings. The molecule has 1 fully saturated rings. The van der Waals surface area contributed by atoms with E-state index in [4.69, 9.17) is 9.84 Å². The second-order valence-electron chi connectivity index (χ2n) is 4.16. The molecule has 0 amide bonds. The van der Waals surface area contributed by atoms with Gasteiger partial charge < -0.3 is 20.3 Å². The maximum atomic E-state index is 10.5. The van der Waals surface area contributed by atoms with E-state index in [0.29, 0.717) is 44.7 Å². The summed E-state index contributed by atoms with van der Waals surface area (Å²) in [6.45, 7) is 3.65. The minimum absolute atomic E-state index is 0.312.